The van der Waals surface area contributed by atoms with Crippen LogP contribution in [-0.4, -0.2) is 38.0 Å². The molecule has 0 aromatic heterocycles. The highest BCUT2D eigenvalue weighted by molar-refractivity contribution is 6.03. The fourth-order valence-corrected chi connectivity index (χ4v) is 3.66. The maximum atomic E-state index is 12.3. The number of carbonyl (C=O) groups is 1. The van der Waals surface area contributed by atoms with Gasteiger partial charge in [0.25, 0.3) is 0 Å². The molecule has 0 saturated heterocycles. The van der Waals surface area contributed by atoms with Crippen molar-refractivity contribution >= 4 is 11.6 Å². The van der Waals surface area contributed by atoms with Crippen LogP contribution in [0.15, 0.2) is 41.5 Å². The zero-order chi connectivity index (χ0) is 21.1. The standard InChI is InChI=1S/C23H28N2O4/c1-14(2)18-11-17(8-9-21(18)27-4)20-13-19(24-25(20)15(3)26)16-7-10-22(28-5)23(12-16)29-6/h7-12,14,20H,13H2,1-6H3. The first kappa shape index (κ1) is 20.7. The molecule has 0 saturated carbocycles. The Morgan fingerprint density at radius 2 is 1.66 bits per heavy atom. The minimum Gasteiger partial charge on any atom is -0.496 e. The highest BCUT2D eigenvalue weighted by Crippen LogP contribution is 2.38. The van der Waals surface area contributed by atoms with E-state index >= 15 is 0 Å². The number of amides is 1. The molecular formula is C23H28N2O4. The molecule has 0 N–H and O–H groups in total. The van der Waals surface area contributed by atoms with Gasteiger partial charge >= 0.3 is 0 Å². The van der Waals surface area contributed by atoms with Crippen LogP contribution in [0.1, 0.15) is 55.8 Å². The van der Waals surface area contributed by atoms with E-state index in [1.165, 1.54) is 0 Å². The largest absolute Gasteiger partial charge is 0.496 e. The lowest BCUT2D eigenvalue weighted by Gasteiger charge is -2.22. The van der Waals surface area contributed by atoms with Crippen LogP contribution in [0, 0.1) is 0 Å². The van der Waals surface area contributed by atoms with Crippen LogP contribution < -0.4 is 14.2 Å². The number of benzene rings is 2. The number of hydrogen-bond acceptors (Lipinski definition) is 5. The van der Waals surface area contributed by atoms with Crippen LogP contribution in [0.5, 0.6) is 17.2 Å². The van der Waals surface area contributed by atoms with Gasteiger partial charge in [0, 0.05) is 18.9 Å². The molecule has 0 radical (unpaired) electrons. The topological polar surface area (TPSA) is 60.4 Å². The van der Waals surface area contributed by atoms with E-state index in [1.807, 2.05) is 30.3 Å². The zero-order valence-electron chi connectivity index (χ0n) is 17.9. The van der Waals surface area contributed by atoms with Crippen molar-refractivity contribution < 1.29 is 19.0 Å². The average Bonchev–Trinajstić information content (AvgIpc) is 3.18. The van der Waals surface area contributed by atoms with Crippen LogP contribution in [-0.2, 0) is 4.79 Å². The number of methoxy groups -OCH3 is 3. The fourth-order valence-electron chi connectivity index (χ4n) is 3.66. The molecular weight excluding hydrogens is 368 g/mol. The summed E-state index contributed by atoms with van der Waals surface area (Å²) in [5.41, 5.74) is 3.92. The van der Waals surface area contributed by atoms with Gasteiger partial charge in [-0.15, -0.1) is 0 Å². The molecule has 3 rings (SSSR count). The molecule has 1 heterocycles. The maximum Gasteiger partial charge on any atom is 0.240 e. The minimum atomic E-state index is -0.154. The lowest BCUT2D eigenvalue weighted by Crippen LogP contribution is -2.24. The SMILES string of the molecule is COc1ccc(C2=NN(C(C)=O)C(c3ccc(OC)c(C(C)C)c3)C2)cc1OC. The van der Waals surface area contributed by atoms with Gasteiger partial charge in [0.1, 0.15) is 5.75 Å². The highest BCUT2D eigenvalue weighted by Gasteiger charge is 2.32. The Morgan fingerprint density at radius 1 is 1.00 bits per heavy atom. The van der Waals surface area contributed by atoms with Gasteiger partial charge in [-0.2, -0.15) is 5.10 Å². The zero-order valence-corrected chi connectivity index (χ0v) is 17.9. The summed E-state index contributed by atoms with van der Waals surface area (Å²) in [5, 5.41) is 6.20. The van der Waals surface area contributed by atoms with Gasteiger partial charge in [-0.05, 0) is 47.4 Å². The molecule has 1 aliphatic heterocycles. The van der Waals surface area contributed by atoms with E-state index in [1.54, 1.807) is 33.3 Å². The minimum absolute atomic E-state index is 0.0904. The normalized spacial score (nSPS) is 16.0. The smallest absolute Gasteiger partial charge is 0.240 e. The second kappa shape index (κ2) is 8.55. The van der Waals surface area contributed by atoms with E-state index in [9.17, 15) is 4.79 Å². The molecule has 0 bridgehead atoms. The van der Waals surface area contributed by atoms with Gasteiger partial charge in [-0.3, -0.25) is 4.79 Å². The lowest BCUT2D eigenvalue weighted by molar-refractivity contribution is -0.130. The van der Waals surface area contributed by atoms with Crippen molar-refractivity contribution in [3.8, 4) is 17.2 Å². The Labute approximate surface area is 172 Å². The second-order valence-electron chi connectivity index (χ2n) is 7.36. The predicted molar refractivity (Wildman–Crippen MR) is 113 cm³/mol. The second-order valence-corrected chi connectivity index (χ2v) is 7.36. The van der Waals surface area contributed by atoms with Gasteiger partial charge < -0.3 is 14.2 Å². The first-order valence-corrected chi connectivity index (χ1v) is 9.67. The predicted octanol–water partition coefficient (Wildman–Crippen LogP) is 4.53. The number of nitrogens with zero attached hydrogens (tertiary/aromatic N) is 2. The number of ether oxygens (including phenoxy) is 3. The molecule has 154 valence electrons. The fraction of sp³-hybridized carbons (Fsp3) is 0.391. The molecule has 0 fully saturated rings. The number of rotatable bonds is 6. The van der Waals surface area contributed by atoms with Crippen molar-refractivity contribution in [1.82, 2.24) is 5.01 Å². The van der Waals surface area contributed by atoms with Crippen molar-refractivity contribution in [2.45, 2.75) is 39.2 Å². The van der Waals surface area contributed by atoms with E-state index in [2.05, 4.69) is 25.0 Å². The maximum absolute atomic E-state index is 12.3. The van der Waals surface area contributed by atoms with Crippen LogP contribution in [0.2, 0.25) is 0 Å². The lowest BCUT2D eigenvalue weighted by atomic mass is 9.93. The molecule has 1 amide bonds. The Morgan fingerprint density at radius 3 is 2.24 bits per heavy atom. The Bertz CT molecular complexity index is 936. The van der Waals surface area contributed by atoms with Crippen LogP contribution >= 0.6 is 0 Å². The quantitative estimate of drug-likeness (QED) is 0.720. The summed E-state index contributed by atoms with van der Waals surface area (Å²) in [5.74, 6) is 2.37. The van der Waals surface area contributed by atoms with E-state index in [4.69, 9.17) is 14.2 Å². The Balaban J connectivity index is 1.98. The van der Waals surface area contributed by atoms with Gasteiger partial charge in [0.15, 0.2) is 11.5 Å². The van der Waals surface area contributed by atoms with E-state index in [-0.39, 0.29) is 11.9 Å². The van der Waals surface area contributed by atoms with Crippen molar-refractivity contribution in [3.05, 3.63) is 53.1 Å². The van der Waals surface area contributed by atoms with E-state index < -0.39 is 0 Å². The molecule has 2 aromatic rings. The number of hydrogen-bond donors (Lipinski definition) is 0. The first-order chi connectivity index (χ1) is 13.9. The molecule has 6 heteroatoms. The van der Waals surface area contributed by atoms with Crippen LogP contribution in [0.4, 0.5) is 0 Å². The third-order valence-electron chi connectivity index (χ3n) is 5.21. The molecule has 0 spiro atoms. The monoisotopic (exact) mass is 396 g/mol. The molecule has 6 nitrogen and oxygen atoms in total. The van der Waals surface area contributed by atoms with E-state index in [0.717, 1.165) is 28.2 Å². The summed E-state index contributed by atoms with van der Waals surface area (Å²) in [6, 6.07) is 11.6. The summed E-state index contributed by atoms with van der Waals surface area (Å²) in [7, 11) is 4.89. The van der Waals surface area contributed by atoms with Gasteiger partial charge in [0.05, 0.1) is 33.1 Å². The molecule has 1 atom stereocenters. The van der Waals surface area contributed by atoms with Crippen molar-refractivity contribution in [2.24, 2.45) is 5.10 Å². The summed E-state index contributed by atoms with van der Waals surface area (Å²) in [6.07, 6.45) is 0.624. The highest BCUT2D eigenvalue weighted by atomic mass is 16.5. The summed E-state index contributed by atoms with van der Waals surface area (Å²) >= 11 is 0. The van der Waals surface area contributed by atoms with Crippen LogP contribution in [0.25, 0.3) is 0 Å². The summed E-state index contributed by atoms with van der Waals surface area (Å²) in [4.78, 5) is 12.3. The summed E-state index contributed by atoms with van der Waals surface area (Å²) in [6.45, 7) is 5.80. The number of carbonyl (C=O) groups excluding carboxylic acids is 1. The van der Waals surface area contributed by atoms with Gasteiger partial charge in [0.2, 0.25) is 5.91 Å². The molecule has 29 heavy (non-hydrogen) atoms. The molecule has 1 aliphatic rings. The molecule has 1 unspecified atom stereocenters. The van der Waals surface area contributed by atoms with E-state index in [0.29, 0.717) is 23.8 Å². The Kier molecular flexibility index (Phi) is 6.11. The van der Waals surface area contributed by atoms with Crippen molar-refractivity contribution in [3.63, 3.8) is 0 Å². The molecule has 0 aliphatic carbocycles. The van der Waals surface area contributed by atoms with Gasteiger partial charge in [-0.1, -0.05) is 19.9 Å². The Hall–Kier alpha value is -3.02. The van der Waals surface area contributed by atoms with Gasteiger partial charge in [-0.25, -0.2) is 5.01 Å². The average molecular weight is 396 g/mol. The third-order valence-corrected chi connectivity index (χ3v) is 5.21. The summed E-state index contributed by atoms with van der Waals surface area (Å²) < 4.78 is 16.2. The third kappa shape index (κ3) is 4.06. The van der Waals surface area contributed by atoms with Crippen molar-refractivity contribution in [2.75, 3.05) is 21.3 Å². The molecule has 2 aromatic carbocycles. The van der Waals surface area contributed by atoms with Crippen LogP contribution in [0.3, 0.4) is 0 Å². The van der Waals surface area contributed by atoms with Crippen molar-refractivity contribution in [1.29, 1.82) is 0 Å². The first-order valence-electron chi connectivity index (χ1n) is 9.67. The number of hydrazone groups is 1.